The quantitative estimate of drug-likeness (QED) is 0.832. The molecule has 0 spiro atoms. The van der Waals surface area contributed by atoms with Crippen molar-refractivity contribution in [2.45, 2.75) is 34.2 Å². The third kappa shape index (κ3) is 4.62. The summed E-state index contributed by atoms with van der Waals surface area (Å²) in [5.41, 5.74) is 1.62. The zero-order valence-corrected chi connectivity index (χ0v) is 13.5. The van der Waals surface area contributed by atoms with Gasteiger partial charge in [0.1, 0.15) is 0 Å². The molecule has 0 aromatic heterocycles. The number of carbonyl (C=O) groups is 1. The Balaban J connectivity index is 2.62. The zero-order chi connectivity index (χ0) is 14.6. The van der Waals surface area contributed by atoms with Gasteiger partial charge in [-0.15, -0.1) is 0 Å². The summed E-state index contributed by atoms with van der Waals surface area (Å²) in [4.78, 5) is 10.8. The lowest BCUT2D eigenvalue weighted by atomic mass is 9.81. The van der Waals surface area contributed by atoms with E-state index < -0.39 is 5.97 Å². The summed E-state index contributed by atoms with van der Waals surface area (Å²) in [7, 11) is 0. The molecule has 2 N–H and O–H groups in total. The summed E-state index contributed by atoms with van der Waals surface area (Å²) in [5, 5.41) is 12.3. The number of halogens is 1. The Bertz CT molecular complexity index is 455. The Morgan fingerprint density at radius 1 is 1.42 bits per heavy atom. The van der Waals surface area contributed by atoms with Crippen LogP contribution in [0.25, 0.3) is 0 Å². The summed E-state index contributed by atoms with van der Waals surface area (Å²) in [6, 6.07) is 5.13. The van der Waals surface area contributed by atoms with Crippen LogP contribution in [-0.2, 0) is 6.54 Å². The predicted octanol–water partition coefficient (Wildman–Crippen LogP) is 3.92. The van der Waals surface area contributed by atoms with Crippen molar-refractivity contribution in [3.63, 3.8) is 0 Å². The predicted molar refractivity (Wildman–Crippen MR) is 81.4 cm³/mol. The molecule has 19 heavy (non-hydrogen) atoms. The van der Waals surface area contributed by atoms with Gasteiger partial charge in [-0.05, 0) is 29.0 Å². The maximum Gasteiger partial charge on any atom is 0.335 e. The molecule has 1 aromatic rings. The van der Waals surface area contributed by atoms with Gasteiger partial charge in [0.2, 0.25) is 0 Å². The Hall–Kier alpha value is -0.870. The highest BCUT2D eigenvalue weighted by Gasteiger charge is 2.21. The van der Waals surface area contributed by atoms with Gasteiger partial charge in [0, 0.05) is 17.6 Å². The molecule has 0 fully saturated rings. The molecule has 106 valence electrons. The molecule has 3 nitrogen and oxygen atoms in total. The van der Waals surface area contributed by atoms with Gasteiger partial charge in [0.25, 0.3) is 0 Å². The molecule has 0 heterocycles. The van der Waals surface area contributed by atoms with E-state index in [0.717, 1.165) is 23.1 Å². The van der Waals surface area contributed by atoms with E-state index >= 15 is 0 Å². The molecule has 0 saturated heterocycles. The molecule has 0 amide bonds. The third-order valence-electron chi connectivity index (χ3n) is 3.76. The van der Waals surface area contributed by atoms with Crippen LogP contribution in [0, 0.1) is 11.3 Å². The number of nitrogens with one attached hydrogen (secondary N) is 1. The minimum Gasteiger partial charge on any atom is -0.478 e. The van der Waals surface area contributed by atoms with E-state index in [0.29, 0.717) is 11.5 Å². The van der Waals surface area contributed by atoms with Crippen LogP contribution < -0.4 is 5.32 Å². The lowest BCUT2D eigenvalue weighted by molar-refractivity contribution is 0.0697. The Kier molecular flexibility index (Phi) is 5.56. The van der Waals surface area contributed by atoms with Gasteiger partial charge in [-0.3, -0.25) is 0 Å². The normalized spacial score (nSPS) is 11.9. The molecule has 0 bridgehead atoms. The van der Waals surface area contributed by atoms with Crippen LogP contribution in [-0.4, -0.2) is 17.6 Å². The van der Waals surface area contributed by atoms with E-state index in [-0.39, 0.29) is 5.41 Å². The SMILES string of the molecule is CC(C)C(C)(C)CNCc1ccc(C(=O)O)cc1Br. The van der Waals surface area contributed by atoms with Gasteiger partial charge in [0.05, 0.1) is 5.56 Å². The first kappa shape index (κ1) is 16.2. The highest BCUT2D eigenvalue weighted by Crippen LogP contribution is 2.25. The number of carboxylic acid groups (broad SMARTS) is 1. The van der Waals surface area contributed by atoms with Crippen LogP contribution in [0.4, 0.5) is 0 Å². The first-order chi connectivity index (χ1) is 8.74. The summed E-state index contributed by atoms with van der Waals surface area (Å²) in [6.45, 7) is 10.6. The van der Waals surface area contributed by atoms with Crippen LogP contribution >= 0.6 is 15.9 Å². The number of benzene rings is 1. The van der Waals surface area contributed by atoms with Gasteiger partial charge in [-0.25, -0.2) is 4.79 Å². The van der Waals surface area contributed by atoms with Gasteiger partial charge < -0.3 is 10.4 Å². The number of hydrogen-bond acceptors (Lipinski definition) is 2. The Morgan fingerprint density at radius 2 is 2.05 bits per heavy atom. The fourth-order valence-electron chi connectivity index (χ4n) is 1.55. The molecular formula is C15H22BrNO2. The molecule has 0 saturated carbocycles. The molecule has 1 aromatic carbocycles. The van der Waals surface area contributed by atoms with Crippen molar-refractivity contribution in [1.82, 2.24) is 5.32 Å². The standard InChI is InChI=1S/C15H22BrNO2/c1-10(2)15(3,4)9-17-8-12-6-5-11(14(18)19)7-13(12)16/h5-7,10,17H,8-9H2,1-4H3,(H,18,19). The second-order valence-corrected chi connectivity index (χ2v) is 6.71. The van der Waals surface area contributed by atoms with Crippen LogP contribution in [0.3, 0.4) is 0 Å². The average Bonchev–Trinajstić information content (AvgIpc) is 2.30. The minimum atomic E-state index is -0.902. The monoisotopic (exact) mass is 327 g/mol. The second-order valence-electron chi connectivity index (χ2n) is 5.86. The zero-order valence-electron chi connectivity index (χ0n) is 12.0. The van der Waals surface area contributed by atoms with E-state index in [1.165, 1.54) is 0 Å². The van der Waals surface area contributed by atoms with Crippen molar-refractivity contribution in [3.8, 4) is 0 Å². The van der Waals surface area contributed by atoms with Crippen LogP contribution in [0.15, 0.2) is 22.7 Å². The topological polar surface area (TPSA) is 49.3 Å². The first-order valence-electron chi connectivity index (χ1n) is 6.46. The van der Waals surface area contributed by atoms with Gasteiger partial charge >= 0.3 is 5.97 Å². The van der Waals surface area contributed by atoms with Crippen molar-refractivity contribution in [1.29, 1.82) is 0 Å². The molecule has 4 heteroatoms. The van der Waals surface area contributed by atoms with E-state index in [1.807, 2.05) is 6.07 Å². The Morgan fingerprint density at radius 3 is 2.53 bits per heavy atom. The van der Waals surface area contributed by atoms with Crippen molar-refractivity contribution in [3.05, 3.63) is 33.8 Å². The maximum atomic E-state index is 10.8. The first-order valence-corrected chi connectivity index (χ1v) is 7.26. The number of rotatable bonds is 6. The molecule has 0 aliphatic heterocycles. The van der Waals surface area contributed by atoms with Gasteiger partial charge in [-0.2, -0.15) is 0 Å². The molecule has 0 atom stereocenters. The molecule has 0 unspecified atom stereocenters. The largest absolute Gasteiger partial charge is 0.478 e. The van der Waals surface area contributed by atoms with Gasteiger partial charge in [-0.1, -0.05) is 49.7 Å². The lowest BCUT2D eigenvalue weighted by Crippen LogP contribution is -2.33. The van der Waals surface area contributed by atoms with E-state index in [4.69, 9.17) is 5.11 Å². The minimum absolute atomic E-state index is 0.244. The smallest absolute Gasteiger partial charge is 0.335 e. The highest BCUT2D eigenvalue weighted by molar-refractivity contribution is 9.10. The van der Waals surface area contributed by atoms with Crippen molar-refractivity contribution < 1.29 is 9.90 Å². The number of aromatic carboxylic acids is 1. The molecule has 1 rings (SSSR count). The van der Waals surface area contributed by atoms with Crippen LogP contribution in [0.1, 0.15) is 43.6 Å². The van der Waals surface area contributed by atoms with E-state index in [1.54, 1.807) is 12.1 Å². The van der Waals surface area contributed by atoms with Crippen molar-refractivity contribution in [2.75, 3.05) is 6.54 Å². The van der Waals surface area contributed by atoms with Crippen molar-refractivity contribution in [2.24, 2.45) is 11.3 Å². The summed E-state index contributed by atoms with van der Waals surface area (Å²) < 4.78 is 0.835. The Labute approximate surface area is 123 Å². The summed E-state index contributed by atoms with van der Waals surface area (Å²) in [6.07, 6.45) is 0. The summed E-state index contributed by atoms with van der Waals surface area (Å²) >= 11 is 3.42. The molecule has 0 aliphatic carbocycles. The number of hydrogen-bond donors (Lipinski definition) is 2. The second kappa shape index (κ2) is 6.53. The third-order valence-corrected chi connectivity index (χ3v) is 4.50. The molecular weight excluding hydrogens is 306 g/mol. The number of carboxylic acids is 1. The van der Waals surface area contributed by atoms with E-state index in [2.05, 4.69) is 48.9 Å². The van der Waals surface area contributed by atoms with Crippen LogP contribution in [0.2, 0.25) is 0 Å². The highest BCUT2D eigenvalue weighted by atomic mass is 79.9. The van der Waals surface area contributed by atoms with Crippen LogP contribution in [0.5, 0.6) is 0 Å². The van der Waals surface area contributed by atoms with Crippen molar-refractivity contribution >= 4 is 21.9 Å². The lowest BCUT2D eigenvalue weighted by Gasteiger charge is -2.29. The average molecular weight is 328 g/mol. The maximum absolute atomic E-state index is 10.8. The fraction of sp³-hybridized carbons (Fsp3) is 0.533. The fourth-order valence-corrected chi connectivity index (χ4v) is 2.07. The summed E-state index contributed by atoms with van der Waals surface area (Å²) in [5.74, 6) is -0.293. The molecule has 0 aliphatic rings. The van der Waals surface area contributed by atoms with E-state index in [9.17, 15) is 4.79 Å². The van der Waals surface area contributed by atoms with Gasteiger partial charge in [0.15, 0.2) is 0 Å². The molecule has 0 radical (unpaired) electrons.